The van der Waals surface area contributed by atoms with E-state index in [4.69, 9.17) is 16.3 Å². The molecule has 1 aliphatic carbocycles. The topological polar surface area (TPSA) is 26.3 Å². The van der Waals surface area contributed by atoms with E-state index in [1.807, 2.05) is 0 Å². The van der Waals surface area contributed by atoms with Gasteiger partial charge in [0.25, 0.3) is 0 Å². The van der Waals surface area contributed by atoms with Crippen molar-refractivity contribution >= 4 is 17.4 Å². The van der Waals surface area contributed by atoms with Crippen LogP contribution in [0.25, 0.3) is 0 Å². The predicted octanol–water partition coefficient (Wildman–Crippen LogP) is 5.59. The maximum Gasteiger partial charge on any atom is 0.171 e. The quantitative estimate of drug-likeness (QED) is 0.662. The number of halogens is 2. The Kier molecular flexibility index (Phi) is 5.61. The second-order valence-corrected chi connectivity index (χ2v) is 7.97. The van der Waals surface area contributed by atoms with Crippen LogP contribution in [-0.2, 0) is 4.74 Å². The number of Topliss-reactive ketones (excluding diaryl/α,β-unsaturated/α-hetero) is 1. The minimum Gasteiger partial charge on any atom is -0.377 e. The molecule has 0 aromatic heterocycles. The zero-order chi connectivity index (χ0) is 17.3. The average Bonchev–Trinajstić information content (AvgIpc) is 2.60. The first-order chi connectivity index (χ1) is 11.5. The van der Waals surface area contributed by atoms with E-state index in [-0.39, 0.29) is 28.4 Å². The first-order valence-corrected chi connectivity index (χ1v) is 9.45. The van der Waals surface area contributed by atoms with Gasteiger partial charge in [-0.05, 0) is 56.1 Å². The maximum absolute atomic E-state index is 14.3. The van der Waals surface area contributed by atoms with Crippen LogP contribution in [0.2, 0.25) is 5.02 Å². The summed E-state index contributed by atoms with van der Waals surface area (Å²) in [7, 11) is 0. The number of benzene rings is 1. The molecule has 2 fully saturated rings. The highest BCUT2D eigenvalue weighted by atomic mass is 35.5. The highest BCUT2D eigenvalue weighted by Gasteiger charge is 2.34. The lowest BCUT2D eigenvalue weighted by Gasteiger charge is -2.37. The molecule has 0 amide bonds. The molecule has 2 aliphatic rings. The van der Waals surface area contributed by atoms with Crippen molar-refractivity contribution in [2.24, 2.45) is 17.8 Å². The fraction of sp³-hybridized carbons (Fsp3) is 0.650. The molecule has 1 saturated heterocycles. The van der Waals surface area contributed by atoms with E-state index < -0.39 is 5.82 Å². The van der Waals surface area contributed by atoms with E-state index >= 15 is 0 Å². The average molecular weight is 353 g/mol. The Morgan fingerprint density at radius 2 is 1.88 bits per heavy atom. The molecule has 3 rings (SSSR count). The lowest BCUT2D eigenvalue weighted by atomic mass is 9.77. The molecule has 1 aromatic carbocycles. The molecule has 24 heavy (non-hydrogen) atoms. The fourth-order valence-corrected chi connectivity index (χ4v) is 4.23. The Balaban J connectivity index is 1.60. The molecule has 1 saturated carbocycles. The van der Waals surface area contributed by atoms with Crippen LogP contribution in [-0.4, -0.2) is 18.5 Å². The molecule has 1 unspecified atom stereocenters. The molecule has 2 atom stereocenters. The van der Waals surface area contributed by atoms with E-state index in [9.17, 15) is 9.18 Å². The largest absolute Gasteiger partial charge is 0.377 e. The molecule has 4 heteroatoms. The van der Waals surface area contributed by atoms with Gasteiger partial charge in [0.05, 0.1) is 23.3 Å². The summed E-state index contributed by atoms with van der Waals surface area (Å²) in [6.45, 7) is 4.45. The van der Waals surface area contributed by atoms with Crippen LogP contribution < -0.4 is 0 Å². The highest BCUT2D eigenvalue weighted by Crippen LogP contribution is 2.36. The van der Waals surface area contributed by atoms with Gasteiger partial charge in [-0.15, -0.1) is 0 Å². The summed E-state index contributed by atoms with van der Waals surface area (Å²) in [5.41, 5.74) is 0.751. The van der Waals surface area contributed by atoms with Gasteiger partial charge in [0.2, 0.25) is 0 Å². The summed E-state index contributed by atoms with van der Waals surface area (Å²) < 4.78 is 20.3. The van der Waals surface area contributed by atoms with Crippen LogP contribution in [0.15, 0.2) is 12.1 Å². The molecule has 2 nitrogen and oxygen atoms in total. The minimum absolute atomic E-state index is 0.0479. The van der Waals surface area contributed by atoms with Gasteiger partial charge in [-0.3, -0.25) is 4.79 Å². The highest BCUT2D eigenvalue weighted by molar-refractivity contribution is 6.31. The predicted molar refractivity (Wildman–Crippen MR) is 94.1 cm³/mol. The van der Waals surface area contributed by atoms with E-state index in [0.717, 1.165) is 18.8 Å². The summed E-state index contributed by atoms with van der Waals surface area (Å²) in [4.78, 5) is 12.6. The van der Waals surface area contributed by atoms with E-state index in [2.05, 4.69) is 6.92 Å². The van der Waals surface area contributed by atoms with Gasteiger partial charge in [0.1, 0.15) is 0 Å². The van der Waals surface area contributed by atoms with Crippen LogP contribution >= 0.6 is 11.6 Å². The van der Waals surface area contributed by atoms with Crippen LogP contribution in [0.3, 0.4) is 0 Å². The number of ether oxygens (including phenoxy) is 1. The third kappa shape index (κ3) is 3.67. The zero-order valence-electron chi connectivity index (χ0n) is 14.5. The van der Waals surface area contributed by atoms with Crippen molar-refractivity contribution in [1.29, 1.82) is 0 Å². The minimum atomic E-state index is -0.593. The number of ketones is 1. The zero-order valence-corrected chi connectivity index (χ0v) is 15.2. The van der Waals surface area contributed by atoms with E-state index in [0.29, 0.717) is 18.1 Å². The molecule has 0 radical (unpaired) electrons. The first kappa shape index (κ1) is 17.9. The van der Waals surface area contributed by atoms with Gasteiger partial charge >= 0.3 is 0 Å². The number of aryl methyl sites for hydroxylation is 1. The van der Waals surface area contributed by atoms with Gasteiger partial charge in [0, 0.05) is 5.92 Å². The third-order valence-corrected chi connectivity index (χ3v) is 6.27. The van der Waals surface area contributed by atoms with Crippen molar-refractivity contribution in [1.82, 2.24) is 0 Å². The Hall–Kier alpha value is -0.930. The van der Waals surface area contributed by atoms with Gasteiger partial charge in [-0.25, -0.2) is 4.39 Å². The van der Waals surface area contributed by atoms with Gasteiger partial charge < -0.3 is 4.74 Å². The maximum atomic E-state index is 14.3. The molecular weight excluding hydrogens is 327 g/mol. The van der Waals surface area contributed by atoms with Crippen LogP contribution in [0, 0.1) is 30.5 Å². The summed E-state index contributed by atoms with van der Waals surface area (Å²) >= 11 is 5.94. The van der Waals surface area contributed by atoms with Gasteiger partial charge in [-0.1, -0.05) is 37.4 Å². The Morgan fingerprint density at radius 1 is 1.17 bits per heavy atom. The second kappa shape index (κ2) is 7.53. The normalized spacial score (nSPS) is 31.0. The molecule has 132 valence electrons. The smallest absolute Gasteiger partial charge is 0.171 e. The van der Waals surface area contributed by atoms with Crippen molar-refractivity contribution < 1.29 is 13.9 Å². The number of hydrogen-bond acceptors (Lipinski definition) is 2. The molecule has 0 bridgehead atoms. The number of carbonyl (C=O) groups excluding carboxylic acids is 1. The fourth-order valence-electron chi connectivity index (χ4n) is 4.06. The molecule has 1 aromatic rings. The first-order valence-electron chi connectivity index (χ1n) is 9.07. The molecular formula is C20H26ClFO2. The second-order valence-electron chi connectivity index (χ2n) is 7.59. The van der Waals surface area contributed by atoms with E-state index in [1.165, 1.54) is 25.7 Å². The molecule has 0 spiro atoms. The Morgan fingerprint density at radius 3 is 2.50 bits per heavy atom. The molecule has 1 heterocycles. The number of carbonyl (C=O) groups is 1. The Bertz CT molecular complexity index is 600. The summed E-state index contributed by atoms with van der Waals surface area (Å²) in [5, 5.41) is 0.0479. The summed E-state index contributed by atoms with van der Waals surface area (Å²) in [6.07, 6.45) is 6.96. The lowest BCUT2D eigenvalue weighted by molar-refractivity contribution is -0.0511. The number of hydrogen-bond donors (Lipinski definition) is 0. The monoisotopic (exact) mass is 352 g/mol. The van der Waals surface area contributed by atoms with Crippen molar-refractivity contribution in [3.05, 3.63) is 34.1 Å². The lowest BCUT2D eigenvalue weighted by Crippen LogP contribution is -2.36. The van der Waals surface area contributed by atoms with Crippen molar-refractivity contribution in [2.45, 2.75) is 58.5 Å². The third-order valence-electron chi connectivity index (χ3n) is 5.81. The molecule has 0 N–H and O–H groups in total. The summed E-state index contributed by atoms with van der Waals surface area (Å²) in [5.74, 6) is 0.434. The van der Waals surface area contributed by atoms with Gasteiger partial charge in [0.15, 0.2) is 11.6 Å². The van der Waals surface area contributed by atoms with Crippen LogP contribution in [0.5, 0.6) is 0 Å². The number of rotatable bonds is 3. The van der Waals surface area contributed by atoms with Gasteiger partial charge in [-0.2, -0.15) is 0 Å². The van der Waals surface area contributed by atoms with Crippen molar-refractivity contribution in [3.63, 3.8) is 0 Å². The van der Waals surface area contributed by atoms with E-state index in [1.54, 1.807) is 19.1 Å². The van der Waals surface area contributed by atoms with Crippen LogP contribution in [0.1, 0.15) is 61.4 Å². The van der Waals surface area contributed by atoms with Crippen molar-refractivity contribution in [2.75, 3.05) is 6.61 Å². The Labute approximate surface area is 148 Å². The summed E-state index contributed by atoms with van der Waals surface area (Å²) in [6, 6.07) is 3.25. The standard InChI is InChI=1S/C20H26ClFO2/c1-12-3-6-14(7-4-12)17-10-8-15(11-24-17)20(23)16-9-5-13(2)18(21)19(16)22/h5,9,12,14-15,17H,3-4,6-8,10-11H2,1-2H3/t12?,14?,15-,17?/m1/s1. The van der Waals surface area contributed by atoms with Crippen molar-refractivity contribution in [3.8, 4) is 0 Å². The molecule has 1 aliphatic heterocycles. The van der Waals surface area contributed by atoms with Crippen LogP contribution in [0.4, 0.5) is 4.39 Å². The SMILES string of the molecule is Cc1ccc(C(=O)[C@@H]2CCC(C3CCC(C)CC3)OC2)c(F)c1Cl.